The molecule has 1 amide bonds. The highest BCUT2D eigenvalue weighted by Gasteiger charge is 2.29. The van der Waals surface area contributed by atoms with Gasteiger partial charge in [0.25, 0.3) is 0 Å². The molecule has 1 unspecified atom stereocenters. The summed E-state index contributed by atoms with van der Waals surface area (Å²) in [6, 6.07) is 0.462. The lowest BCUT2D eigenvalue weighted by Crippen LogP contribution is -2.39. The van der Waals surface area contributed by atoms with Crippen molar-refractivity contribution in [1.29, 1.82) is 0 Å². The highest BCUT2D eigenvalue weighted by Crippen LogP contribution is 2.37. The standard InChI is InChI=1S/C16H30N4OS.HI/c1-3-17-15(19-12-16(2)9-5-11-22-16)18-10-4-6-14(21)20-13-7-8-13;/h13H,3-12H2,1-2H3,(H,20,21)(H2,17,18,19);1H. The van der Waals surface area contributed by atoms with Crippen molar-refractivity contribution in [2.75, 3.05) is 25.4 Å². The van der Waals surface area contributed by atoms with E-state index in [1.54, 1.807) is 0 Å². The maximum Gasteiger partial charge on any atom is 0.220 e. The minimum Gasteiger partial charge on any atom is -0.357 e. The zero-order valence-corrected chi connectivity index (χ0v) is 17.5. The van der Waals surface area contributed by atoms with E-state index in [0.29, 0.717) is 17.2 Å². The average molecular weight is 454 g/mol. The van der Waals surface area contributed by atoms with Crippen molar-refractivity contribution in [1.82, 2.24) is 16.0 Å². The predicted molar refractivity (Wildman–Crippen MR) is 110 cm³/mol. The maximum atomic E-state index is 11.6. The first-order valence-corrected chi connectivity index (χ1v) is 9.55. The highest BCUT2D eigenvalue weighted by atomic mass is 127. The van der Waals surface area contributed by atoms with Crippen LogP contribution in [0.1, 0.15) is 52.4 Å². The molecule has 23 heavy (non-hydrogen) atoms. The number of amides is 1. The second-order valence-electron chi connectivity index (χ2n) is 6.47. The average Bonchev–Trinajstić information content (AvgIpc) is 3.19. The summed E-state index contributed by atoms with van der Waals surface area (Å²) in [5.41, 5.74) is 0. The van der Waals surface area contributed by atoms with Crippen molar-refractivity contribution >= 4 is 47.6 Å². The van der Waals surface area contributed by atoms with Gasteiger partial charge in [-0.2, -0.15) is 11.8 Å². The molecule has 7 heteroatoms. The predicted octanol–water partition coefficient (Wildman–Crippen LogP) is 2.50. The number of aliphatic imine (C=N–C) groups is 1. The molecule has 0 radical (unpaired) electrons. The maximum absolute atomic E-state index is 11.6. The van der Waals surface area contributed by atoms with Crippen LogP contribution < -0.4 is 16.0 Å². The Bertz CT molecular complexity index is 396. The molecule has 3 N–H and O–H groups in total. The Morgan fingerprint density at radius 2 is 2.13 bits per heavy atom. The molecular weight excluding hydrogens is 423 g/mol. The van der Waals surface area contributed by atoms with Gasteiger partial charge in [0, 0.05) is 30.3 Å². The summed E-state index contributed by atoms with van der Waals surface area (Å²) in [7, 11) is 0. The Kier molecular flexibility index (Phi) is 9.65. The van der Waals surface area contributed by atoms with Crippen LogP contribution in [0.15, 0.2) is 4.99 Å². The van der Waals surface area contributed by atoms with Gasteiger partial charge in [0.1, 0.15) is 0 Å². The van der Waals surface area contributed by atoms with Crippen LogP contribution in [0.3, 0.4) is 0 Å². The molecule has 1 heterocycles. The third kappa shape index (κ3) is 8.47. The van der Waals surface area contributed by atoms with Crippen molar-refractivity contribution in [3.8, 4) is 0 Å². The largest absolute Gasteiger partial charge is 0.357 e. The molecular formula is C16H31IN4OS. The zero-order valence-electron chi connectivity index (χ0n) is 14.3. The lowest BCUT2D eigenvalue weighted by molar-refractivity contribution is -0.121. The van der Waals surface area contributed by atoms with Gasteiger partial charge < -0.3 is 16.0 Å². The normalized spacial score (nSPS) is 24.0. The van der Waals surface area contributed by atoms with Crippen LogP contribution in [0.4, 0.5) is 0 Å². The second-order valence-corrected chi connectivity index (χ2v) is 8.15. The molecule has 0 aromatic heterocycles. The minimum atomic E-state index is 0. The molecule has 0 aromatic carbocycles. The second kappa shape index (κ2) is 10.6. The van der Waals surface area contributed by atoms with Gasteiger partial charge in [-0.05, 0) is 51.7 Å². The van der Waals surface area contributed by atoms with Crippen LogP contribution in [-0.2, 0) is 4.79 Å². The molecule has 134 valence electrons. The number of carbonyl (C=O) groups is 1. The molecule has 5 nitrogen and oxygen atoms in total. The Hall–Kier alpha value is -0.180. The molecule has 0 aromatic rings. The number of guanidine groups is 1. The van der Waals surface area contributed by atoms with Gasteiger partial charge in [-0.25, -0.2) is 0 Å². The van der Waals surface area contributed by atoms with Gasteiger partial charge in [0.15, 0.2) is 5.96 Å². The van der Waals surface area contributed by atoms with E-state index in [9.17, 15) is 4.79 Å². The Labute approximate surface area is 161 Å². The summed E-state index contributed by atoms with van der Waals surface area (Å²) >= 11 is 2.03. The van der Waals surface area contributed by atoms with Crippen molar-refractivity contribution in [2.24, 2.45) is 4.99 Å². The molecule has 2 aliphatic rings. The first kappa shape index (κ1) is 20.9. The molecule has 1 aliphatic carbocycles. The lowest BCUT2D eigenvalue weighted by atomic mass is 10.1. The summed E-state index contributed by atoms with van der Waals surface area (Å²) < 4.78 is 0.298. The van der Waals surface area contributed by atoms with E-state index < -0.39 is 0 Å². The first-order chi connectivity index (χ1) is 10.6. The minimum absolute atomic E-state index is 0. The van der Waals surface area contributed by atoms with E-state index in [0.717, 1.165) is 44.9 Å². The molecule has 0 bridgehead atoms. The van der Waals surface area contributed by atoms with Crippen LogP contribution in [-0.4, -0.2) is 48.0 Å². The molecule has 1 saturated heterocycles. The monoisotopic (exact) mass is 454 g/mol. The zero-order chi connectivity index (χ0) is 15.8. The molecule has 1 aliphatic heterocycles. The summed E-state index contributed by atoms with van der Waals surface area (Å²) in [6.45, 7) is 6.88. The fourth-order valence-electron chi connectivity index (χ4n) is 2.53. The molecule has 1 atom stereocenters. The number of nitrogens with one attached hydrogen (secondary N) is 3. The van der Waals surface area contributed by atoms with E-state index in [2.05, 4.69) is 29.8 Å². The molecule has 2 rings (SSSR count). The van der Waals surface area contributed by atoms with Crippen LogP contribution in [0.5, 0.6) is 0 Å². The van der Waals surface area contributed by atoms with Crippen LogP contribution in [0, 0.1) is 0 Å². The molecule has 2 fully saturated rings. The summed E-state index contributed by atoms with van der Waals surface area (Å²) in [6.07, 6.45) is 6.29. The van der Waals surface area contributed by atoms with Gasteiger partial charge in [-0.3, -0.25) is 9.79 Å². The van der Waals surface area contributed by atoms with Crippen LogP contribution in [0.2, 0.25) is 0 Å². The van der Waals surface area contributed by atoms with E-state index in [1.807, 2.05) is 11.8 Å². The fourth-order valence-corrected chi connectivity index (χ4v) is 3.76. The molecule has 0 spiro atoms. The van der Waals surface area contributed by atoms with Crippen molar-refractivity contribution in [3.63, 3.8) is 0 Å². The summed E-state index contributed by atoms with van der Waals surface area (Å²) in [5.74, 6) is 2.31. The van der Waals surface area contributed by atoms with E-state index in [4.69, 9.17) is 4.99 Å². The van der Waals surface area contributed by atoms with Crippen LogP contribution >= 0.6 is 35.7 Å². The topological polar surface area (TPSA) is 65.5 Å². The van der Waals surface area contributed by atoms with Gasteiger partial charge in [-0.15, -0.1) is 24.0 Å². The van der Waals surface area contributed by atoms with Gasteiger partial charge >= 0.3 is 0 Å². The van der Waals surface area contributed by atoms with Gasteiger partial charge in [-0.1, -0.05) is 0 Å². The Morgan fingerprint density at radius 3 is 2.74 bits per heavy atom. The number of hydrogen-bond acceptors (Lipinski definition) is 3. The fraction of sp³-hybridized carbons (Fsp3) is 0.875. The Morgan fingerprint density at radius 1 is 1.35 bits per heavy atom. The quantitative estimate of drug-likeness (QED) is 0.228. The van der Waals surface area contributed by atoms with E-state index in [-0.39, 0.29) is 29.9 Å². The smallest absolute Gasteiger partial charge is 0.220 e. The third-order valence-electron chi connectivity index (χ3n) is 4.03. The van der Waals surface area contributed by atoms with Crippen LogP contribution in [0.25, 0.3) is 0 Å². The Balaban J connectivity index is 0.00000264. The number of nitrogens with zero attached hydrogens (tertiary/aromatic N) is 1. The summed E-state index contributed by atoms with van der Waals surface area (Å²) in [5, 5.41) is 9.64. The molecule has 1 saturated carbocycles. The van der Waals surface area contributed by atoms with E-state index in [1.165, 1.54) is 18.6 Å². The number of hydrogen-bond donors (Lipinski definition) is 3. The van der Waals surface area contributed by atoms with Gasteiger partial charge in [0.2, 0.25) is 5.91 Å². The third-order valence-corrected chi connectivity index (χ3v) is 5.55. The van der Waals surface area contributed by atoms with E-state index >= 15 is 0 Å². The number of carbonyl (C=O) groups excluding carboxylic acids is 1. The van der Waals surface area contributed by atoms with Crippen molar-refractivity contribution in [3.05, 3.63) is 0 Å². The SMILES string of the molecule is CCNC(=NCC1(C)CCCS1)NCCCC(=O)NC1CC1.I. The lowest BCUT2D eigenvalue weighted by Gasteiger charge is -2.21. The summed E-state index contributed by atoms with van der Waals surface area (Å²) in [4.78, 5) is 16.3. The van der Waals surface area contributed by atoms with Crippen molar-refractivity contribution < 1.29 is 4.79 Å². The number of thioether (sulfide) groups is 1. The van der Waals surface area contributed by atoms with Gasteiger partial charge in [0.05, 0.1) is 6.54 Å². The highest BCUT2D eigenvalue weighted by molar-refractivity contribution is 14.0. The number of halogens is 1. The van der Waals surface area contributed by atoms with Crippen molar-refractivity contribution in [2.45, 2.75) is 63.2 Å². The first-order valence-electron chi connectivity index (χ1n) is 8.57. The number of rotatable bonds is 8.